The molecule has 17 heavy (non-hydrogen) atoms. The quantitative estimate of drug-likeness (QED) is 0.696. The summed E-state index contributed by atoms with van der Waals surface area (Å²) in [7, 11) is 0. The highest BCUT2D eigenvalue weighted by molar-refractivity contribution is 5.01. The molecule has 0 atom stereocenters. The van der Waals surface area contributed by atoms with Crippen molar-refractivity contribution in [2.75, 3.05) is 19.7 Å². The number of nitrogens with one attached hydrogen (secondary N) is 1. The van der Waals surface area contributed by atoms with Gasteiger partial charge < -0.3 is 10.4 Å². The van der Waals surface area contributed by atoms with Crippen LogP contribution in [0.1, 0.15) is 51.4 Å². The van der Waals surface area contributed by atoms with Crippen LogP contribution in [0.25, 0.3) is 0 Å². The molecule has 4 rings (SSSR count). The van der Waals surface area contributed by atoms with Gasteiger partial charge in [0.2, 0.25) is 0 Å². The monoisotopic (exact) mass is 237 g/mol. The summed E-state index contributed by atoms with van der Waals surface area (Å²) in [6, 6.07) is 0. The van der Waals surface area contributed by atoms with E-state index in [1.165, 1.54) is 32.2 Å². The van der Waals surface area contributed by atoms with E-state index >= 15 is 0 Å². The van der Waals surface area contributed by atoms with E-state index in [0.29, 0.717) is 6.61 Å². The van der Waals surface area contributed by atoms with E-state index in [1.807, 2.05) is 0 Å². The lowest BCUT2D eigenvalue weighted by molar-refractivity contribution is -0.0567. The smallest absolute Gasteiger partial charge is 0.0443 e. The van der Waals surface area contributed by atoms with Crippen LogP contribution in [0.2, 0.25) is 0 Å². The van der Waals surface area contributed by atoms with Crippen molar-refractivity contribution in [2.45, 2.75) is 51.4 Å². The third-order valence-electron chi connectivity index (χ3n) is 5.51. The summed E-state index contributed by atoms with van der Waals surface area (Å²) >= 11 is 0. The van der Waals surface area contributed by atoms with Crippen molar-refractivity contribution in [1.82, 2.24) is 5.32 Å². The third-order valence-corrected chi connectivity index (χ3v) is 5.51. The molecule has 98 valence electrons. The first-order valence-electron chi connectivity index (χ1n) is 7.61. The van der Waals surface area contributed by atoms with E-state index in [1.54, 1.807) is 19.3 Å². The zero-order valence-electron chi connectivity index (χ0n) is 11.0. The van der Waals surface area contributed by atoms with E-state index in [4.69, 9.17) is 5.11 Å². The van der Waals surface area contributed by atoms with Gasteiger partial charge in [0.25, 0.3) is 0 Å². The molecule has 4 aliphatic carbocycles. The SMILES string of the molecule is OCCCNCCC12CC3CC(CC(C3)C1)C2. The van der Waals surface area contributed by atoms with Crippen molar-refractivity contribution < 1.29 is 5.11 Å². The van der Waals surface area contributed by atoms with E-state index in [-0.39, 0.29) is 0 Å². The molecule has 0 saturated heterocycles. The van der Waals surface area contributed by atoms with Gasteiger partial charge in [-0.25, -0.2) is 0 Å². The highest BCUT2D eigenvalue weighted by Crippen LogP contribution is 2.61. The Kier molecular flexibility index (Phi) is 3.45. The Hall–Kier alpha value is -0.0800. The van der Waals surface area contributed by atoms with E-state index in [0.717, 1.165) is 36.1 Å². The van der Waals surface area contributed by atoms with Crippen LogP contribution in [-0.4, -0.2) is 24.8 Å². The molecular weight excluding hydrogens is 210 g/mol. The Labute approximate surface area is 105 Å². The second-order valence-electron chi connectivity index (χ2n) is 6.99. The minimum Gasteiger partial charge on any atom is -0.396 e. The summed E-state index contributed by atoms with van der Waals surface area (Å²) in [4.78, 5) is 0. The topological polar surface area (TPSA) is 32.3 Å². The highest BCUT2D eigenvalue weighted by atomic mass is 16.3. The molecule has 0 aliphatic heterocycles. The summed E-state index contributed by atoms with van der Waals surface area (Å²) < 4.78 is 0. The summed E-state index contributed by atoms with van der Waals surface area (Å²) in [6.45, 7) is 2.49. The molecule has 4 fully saturated rings. The van der Waals surface area contributed by atoms with Gasteiger partial charge in [-0.15, -0.1) is 0 Å². The molecule has 4 aliphatic rings. The normalized spacial score (nSPS) is 43.2. The largest absolute Gasteiger partial charge is 0.396 e. The van der Waals surface area contributed by atoms with Gasteiger partial charge in [0.1, 0.15) is 0 Å². The van der Waals surface area contributed by atoms with Gasteiger partial charge in [-0.05, 0) is 87.6 Å². The molecule has 0 aromatic carbocycles. The van der Waals surface area contributed by atoms with Gasteiger partial charge in [0.15, 0.2) is 0 Å². The maximum Gasteiger partial charge on any atom is 0.0443 e. The van der Waals surface area contributed by atoms with Crippen LogP contribution in [0.4, 0.5) is 0 Å². The Morgan fingerprint density at radius 2 is 1.53 bits per heavy atom. The Balaban J connectivity index is 1.49. The second kappa shape index (κ2) is 4.89. The van der Waals surface area contributed by atoms with E-state index in [2.05, 4.69) is 5.32 Å². The fourth-order valence-corrected chi connectivity index (χ4v) is 5.28. The predicted molar refractivity (Wildman–Crippen MR) is 69.8 cm³/mol. The minimum absolute atomic E-state index is 0.324. The van der Waals surface area contributed by atoms with Gasteiger partial charge >= 0.3 is 0 Å². The zero-order chi connectivity index (χ0) is 11.7. The molecule has 0 amide bonds. The molecule has 0 spiro atoms. The highest BCUT2D eigenvalue weighted by Gasteiger charge is 2.50. The fraction of sp³-hybridized carbons (Fsp3) is 1.00. The van der Waals surface area contributed by atoms with Gasteiger partial charge in [0, 0.05) is 6.61 Å². The van der Waals surface area contributed by atoms with Crippen molar-refractivity contribution in [2.24, 2.45) is 23.2 Å². The number of rotatable bonds is 6. The number of aliphatic hydroxyl groups excluding tert-OH is 1. The van der Waals surface area contributed by atoms with E-state index < -0.39 is 0 Å². The van der Waals surface area contributed by atoms with Crippen LogP contribution in [0, 0.1) is 23.2 Å². The molecular formula is C15H27NO. The maximum absolute atomic E-state index is 8.76. The van der Waals surface area contributed by atoms with Crippen LogP contribution >= 0.6 is 0 Å². The summed E-state index contributed by atoms with van der Waals surface area (Å²) in [5.74, 6) is 3.25. The predicted octanol–water partition coefficient (Wildman–Crippen LogP) is 2.56. The van der Waals surface area contributed by atoms with Gasteiger partial charge in [-0.2, -0.15) is 0 Å². The molecule has 0 aromatic rings. The lowest BCUT2D eigenvalue weighted by Gasteiger charge is -2.57. The second-order valence-corrected chi connectivity index (χ2v) is 6.99. The van der Waals surface area contributed by atoms with Gasteiger partial charge in [-0.1, -0.05) is 0 Å². The number of aliphatic hydroxyl groups is 1. The number of hydrogen-bond acceptors (Lipinski definition) is 2. The minimum atomic E-state index is 0.324. The Morgan fingerprint density at radius 1 is 0.941 bits per heavy atom. The van der Waals surface area contributed by atoms with Crippen molar-refractivity contribution in [3.05, 3.63) is 0 Å². The van der Waals surface area contributed by atoms with E-state index in [9.17, 15) is 0 Å². The lowest BCUT2D eigenvalue weighted by atomic mass is 9.49. The van der Waals surface area contributed by atoms with Crippen molar-refractivity contribution in [3.8, 4) is 0 Å². The summed E-state index contributed by atoms with van der Waals surface area (Å²) in [5.41, 5.74) is 0.723. The maximum atomic E-state index is 8.76. The number of hydrogen-bond donors (Lipinski definition) is 2. The molecule has 2 N–H and O–H groups in total. The first-order valence-corrected chi connectivity index (χ1v) is 7.61. The summed E-state index contributed by atoms with van der Waals surface area (Å²) in [6.07, 6.45) is 11.5. The van der Waals surface area contributed by atoms with Crippen LogP contribution in [0.5, 0.6) is 0 Å². The first-order chi connectivity index (χ1) is 8.30. The molecule has 0 unspecified atom stereocenters. The summed E-state index contributed by atoms with van der Waals surface area (Å²) in [5, 5.41) is 12.3. The van der Waals surface area contributed by atoms with Crippen LogP contribution in [0.15, 0.2) is 0 Å². The molecule has 0 radical (unpaired) electrons. The Morgan fingerprint density at radius 3 is 2.06 bits per heavy atom. The standard InChI is InChI=1S/C15H27NO/c17-5-1-3-16-4-2-15-9-12-6-13(10-15)8-14(7-12)11-15/h12-14,16-17H,1-11H2. The molecule has 4 saturated carbocycles. The Bertz CT molecular complexity index is 228. The molecule has 4 bridgehead atoms. The van der Waals surface area contributed by atoms with Gasteiger partial charge in [0.05, 0.1) is 0 Å². The average Bonchev–Trinajstić information content (AvgIpc) is 2.26. The van der Waals surface area contributed by atoms with Crippen LogP contribution in [0.3, 0.4) is 0 Å². The zero-order valence-corrected chi connectivity index (χ0v) is 11.0. The first kappa shape index (κ1) is 12.0. The lowest BCUT2D eigenvalue weighted by Crippen LogP contribution is -2.47. The molecule has 0 heterocycles. The third kappa shape index (κ3) is 2.53. The van der Waals surface area contributed by atoms with Crippen molar-refractivity contribution >= 4 is 0 Å². The fourth-order valence-electron chi connectivity index (χ4n) is 5.28. The van der Waals surface area contributed by atoms with Crippen LogP contribution in [-0.2, 0) is 0 Å². The van der Waals surface area contributed by atoms with Crippen molar-refractivity contribution in [3.63, 3.8) is 0 Å². The molecule has 0 aromatic heterocycles. The van der Waals surface area contributed by atoms with Gasteiger partial charge in [-0.3, -0.25) is 0 Å². The molecule has 2 heteroatoms. The van der Waals surface area contributed by atoms with Crippen molar-refractivity contribution in [1.29, 1.82) is 0 Å². The molecule has 2 nitrogen and oxygen atoms in total. The van der Waals surface area contributed by atoms with Crippen LogP contribution < -0.4 is 5.32 Å². The average molecular weight is 237 g/mol.